The Labute approximate surface area is 156 Å². The lowest BCUT2D eigenvalue weighted by Gasteiger charge is -2.27. The van der Waals surface area contributed by atoms with E-state index in [0.29, 0.717) is 17.2 Å². The summed E-state index contributed by atoms with van der Waals surface area (Å²) in [5.41, 5.74) is 3.86. The van der Waals surface area contributed by atoms with Crippen LogP contribution in [0.1, 0.15) is 35.6 Å². The summed E-state index contributed by atoms with van der Waals surface area (Å²) in [6, 6.07) is 20.4. The molecule has 1 atom stereocenters. The number of rotatable bonds is 8. The maximum Gasteiger partial charge on any atom is 0.0991 e. The number of hydrogen-bond acceptors (Lipinski definition) is 4. The largest absolute Gasteiger partial charge is 0.302 e. The second kappa shape index (κ2) is 9.73. The molecule has 0 radical (unpaired) electrons. The zero-order valence-electron chi connectivity index (χ0n) is 15.8. The smallest absolute Gasteiger partial charge is 0.0991 e. The number of hydrogen-bond donors (Lipinski definition) is 0. The molecule has 0 saturated carbocycles. The van der Waals surface area contributed by atoms with Crippen molar-refractivity contribution in [2.75, 3.05) is 20.6 Å². The minimum atomic E-state index is 0.467. The van der Waals surface area contributed by atoms with Crippen molar-refractivity contribution in [1.29, 1.82) is 10.5 Å². The lowest BCUT2D eigenvalue weighted by molar-refractivity contribution is 0.209. The van der Waals surface area contributed by atoms with E-state index in [0.717, 1.165) is 26.1 Å². The third-order valence-corrected chi connectivity index (χ3v) is 4.73. The van der Waals surface area contributed by atoms with Gasteiger partial charge >= 0.3 is 0 Å². The van der Waals surface area contributed by atoms with Gasteiger partial charge < -0.3 is 4.90 Å². The first-order chi connectivity index (χ1) is 12.5. The molecular formula is C22H26N4. The molecule has 0 heterocycles. The molecule has 4 heteroatoms. The van der Waals surface area contributed by atoms with Crippen LogP contribution in [0.4, 0.5) is 0 Å². The summed E-state index contributed by atoms with van der Waals surface area (Å²) in [7, 11) is 4.27. The van der Waals surface area contributed by atoms with Crippen molar-refractivity contribution in [3.8, 4) is 12.1 Å². The molecule has 0 N–H and O–H groups in total. The summed E-state index contributed by atoms with van der Waals surface area (Å²) in [6.07, 6.45) is 1.08. The highest BCUT2D eigenvalue weighted by atomic mass is 15.1. The monoisotopic (exact) mass is 346 g/mol. The second-order valence-corrected chi connectivity index (χ2v) is 6.91. The molecule has 2 aromatic carbocycles. The average molecular weight is 346 g/mol. The molecule has 0 aliphatic heterocycles. The third kappa shape index (κ3) is 6.01. The maximum atomic E-state index is 8.87. The molecular weight excluding hydrogens is 320 g/mol. The van der Waals surface area contributed by atoms with Crippen LogP contribution >= 0.6 is 0 Å². The van der Waals surface area contributed by atoms with Gasteiger partial charge in [-0.15, -0.1) is 0 Å². The minimum absolute atomic E-state index is 0.467. The van der Waals surface area contributed by atoms with Crippen molar-refractivity contribution >= 4 is 0 Å². The summed E-state index contributed by atoms with van der Waals surface area (Å²) in [4.78, 5) is 4.66. The molecule has 26 heavy (non-hydrogen) atoms. The van der Waals surface area contributed by atoms with Gasteiger partial charge in [0.05, 0.1) is 23.3 Å². The van der Waals surface area contributed by atoms with E-state index in [2.05, 4.69) is 43.0 Å². The average Bonchev–Trinajstić information content (AvgIpc) is 2.67. The van der Waals surface area contributed by atoms with Crippen LogP contribution in [0.25, 0.3) is 0 Å². The van der Waals surface area contributed by atoms with Gasteiger partial charge in [-0.25, -0.2) is 0 Å². The first-order valence-corrected chi connectivity index (χ1v) is 8.88. The third-order valence-electron chi connectivity index (χ3n) is 4.73. The molecule has 0 aromatic heterocycles. The maximum absolute atomic E-state index is 8.87. The summed E-state index contributed by atoms with van der Waals surface area (Å²) < 4.78 is 0. The van der Waals surface area contributed by atoms with Crippen LogP contribution in [-0.2, 0) is 13.1 Å². The van der Waals surface area contributed by atoms with E-state index in [1.807, 2.05) is 48.5 Å². The van der Waals surface area contributed by atoms with Crippen LogP contribution in [0.2, 0.25) is 0 Å². The van der Waals surface area contributed by atoms with E-state index in [4.69, 9.17) is 10.5 Å². The van der Waals surface area contributed by atoms with Crippen LogP contribution in [0.15, 0.2) is 48.5 Å². The van der Waals surface area contributed by atoms with Gasteiger partial charge in [0.1, 0.15) is 0 Å². The number of nitriles is 2. The molecule has 2 aromatic rings. The van der Waals surface area contributed by atoms with E-state index < -0.39 is 0 Å². The summed E-state index contributed by atoms with van der Waals surface area (Å²) in [6.45, 7) is 5.03. The second-order valence-electron chi connectivity index (χ2n) is 6.91. The van der Waals surface area contributed by atoms with Gasteiger partial charge in [0.2, 0.25) is 0 Å². The predicted octanol–water partition coefficient (Wildman–Crippen LogP) is 3.77. The molecule has 1 unspecified atom stereocenters. The van der Waals surface area contributed by atoms with Crippen LogP contribution in [0.5, 0.6) is 0 Å². The van der Waals surface area contributed by atoms with Gasteiger partial charge in [-0.2, -0.15) is 10.5 Å². The van der Waals surface area contributed by atoms with Crippen molar-refractivity contribution in [2.45, 2.75) is 32.5 Å². The Kier molecular flexibility index (Phi) is 7.36. The first kappa shape index (κ1) is 19.7. The van der Waals surface area contributed by atoms with E-state index in [-0.39, 0.29) is 0 Å². The van der Waals surface area contributed by atoms with Crippen molar-refractivity contribution in [2.24, 2.45) is 0 Å². The molecule has 0 saturated heterocycles. The van der Waals surface area contributed by atoms with Gasteiger partial charge in [-0.05, 0) is 69.4 Å². The van der Waals surface area contributed by atoms with Gasteiger partial charge in [0, 0.05) is 19.1 Å². The SMILES string of the molecule is CC(CCN(C)Cc1ccc(C#N)cc1)N(C)Cc1ccc(C#N)cc1. The Morgan fingerprint density at radius 2 is 1.27 bits per heavy atom. The van der Waals surface area contributed by atoms with Crippen molar-refractivity contribution in [3.63, 3.8) is 0 Å². The summed E-state index contributed by atoms with van der Waals surface area (Å²) in [5, 5.41) is 17.7. The molecule has 0 bridgehead atoms. The van der Waals surface area contributed by atoms with Gasteiger partial charge in [-0.1, -0.05) is 24.3 Å². The standard InChI is InChI=1S/C22H26N4/c1-18(26(3)17-22-10-6-20(15-24)7-11-22)12-13-25(2)16-21-8-4-19(14-23)5-9-21/h4-11,18H,12-13,16-17H2,1-3H3. The first-order valence-electron chi connectivity index (χ1n) is 8.88. The Bertz CT molecular complexity index is 766. The van der Waals surface area contributed by atoms with Crippen molar-refractivity contribution in [3.05, 3.63) is 70.8 Å². The Hall–Kier alpha value is -2.66. The van der Waals surface area contributed by atoms with E-state index in [1.165, 1.54) is 11.1 Å². The Balaban J connectivity index is 1.77. The molecule has 0 aliphatic rings. The fourth-order valence-corrected chi connectivity index (χ4v) is 2.83. The molecule has 134 valence electrons. The fraction of sp³-hybridized carbons (Fsp3) is 0.364. The van der Waals surface area contributed by atoms with Crippen molar-refractivity contribution < 1.29 is 0 Å². The molecule has 0 amide bonds. The number of benzene rings is 2. The molecule has 0 fully saturated rings. The molecule has 0 spiro atoms. The van der Waals surface area contributed by atoms with E-state index in [1.54, 1.807) is 0 Å². The van der Waals surface area contributed by atoms with Gasteiger partial charge in [0.25, 0.3) is 0 Å². The van der Waals surface area contributed by atoms with Gasteiger partial charge in [0.15, 0.2) is 0 Å². The van der Waals surface area contributed by atoms with Crippen LogP contribution in [0, 0.1) is 22.7 Å². The Morgan fingerprint density at radius 1 is 0.808 bits per heavy atom. The zero-order chi connectivity index (χ0) is 18.9. The highest BCUT2D eigenvalue weighted by molar-refractivity contribution is 5.32. The predicted molar refractivity (Wildman–Crippen MR) is 104 cm³/mol. The lowest BCUT2D eigenvalue weighted by Crippen LogP contribution is -2.32. The topological polar surface area (TPSA) is 54.1 Å². The Morgan fingerprint density at radius 3 is 1.73 bits per heavy atom. The molecule has 0 aliphatic carbocycles. The summed E-state index contributed by atoms with van der Waals surface area (Å²) in [5.74, 6) is 0. The minimum Gasteiger partial charge on any atom is -0.302 e. The van der Waals surface area contributed by atoms with Gasteiger partial charge in [-0.3, -0.25) is 4.90 Å². The molecule has 4 nitrogen and oxygen atoms in total. The van der Waals surface area contributed by atoms with Crippen LogP contribution in [0.3, 0.4) is 0 Å². The van der Waals surface area contributed by atoms with Crippen LogP contribution in [-0.4, -0.2) is 36.5 Å². The fourth-order valence-electron chi connectivity index (χ4n) is 2.83. The van der Waals surface area contributed by atoms with E-state index in [9.17, 15) is 0 Å². The highest BCUT2D eigenvalue weighted by Crippen LogP contribution is 2.11. The van der Waals surface area contributed by atoms with Crippen molar-refractivity contribution in [1.82, 2.24) is 9.80 Å². The lowest BCUT2D eigenvalue weighted by atomic mass is 10.1. The van der Waals surface area contributed by atoms with E-state index >= 15 is 0 Å². The summed E-state index contributed by atoms with van der Waals surface area (Å²) >= 11 is 0. The highest BCUT2D eigenvalue weighted by Gasteiger charge is 2.11. The normalized spacial score (nSPS) is 12.0. The zero-order valence-corrected chi connectivity index (χ0v) is 15.8. The van der Waals surface area contributed by atoms with Crippen LogP contribution < -0.4 is 0 Å². The quantitative estimate of drug-likeness (QED) is 0.730. The number of nitrogens with zero attached hydrogens (tertiary/aromatic N) is 4. The molecule has 2 rings (SSSR count).